The van der Waals surface area contributed by atoms with E-state index in [0.29, 0.717) is 6.61 Å². The van der Waals surface area contributed by atoms with Crippen LogP contribution < -0.4 is 0 Å². The zero-order chi connectivity index (χ0) is 17.0. The van der Waals surface area contributed by atoms with Gasteiger partial charge < -0.3 is 9.16 Å². The minimum Gasteiger partial charge on any atom is -0.461 e. The summed E-state index contributed by atoms with van der Waals surface area (Å²) >= 11 is 0. The molecule has 0 unspecified atom stereocenters. The lowest BCUT2D eigenvalue weighted by Gasteiger charge is -2.42. The average molecular weight is 323 g/mol. The van der Waals surface area contributed by atoms with Gasteiger partial charge in [0.2, 0.25) is 0 Å². The molecule has 0 spiro atoms. The minimum absolute atomic E-state index is 0.123. The van der Waals surface area contributed by atoms with Crippen LogP contribution in [0, 0.1) is 0 Å². The van der Waals surface area contributed by atoms with Gasteiger partial charge in [0.25, 0.3) is 0 Å². The normalized spacial score (nSPS) is 13.0. The summed E-state index contributed by atoms with van der Waals surface area (Å²) < 4.78 is 11.7. The third-order valence-corrected chi connectivity index (χ3v) is 8.83. The van der Waals surface area contributed by atoms with E-state index in [1.165, 1.54) is 0 Å². The van der Waals surface area contributed by atoms with Gasteiger partial charge in [-0.25, -0.2) is 0 Å². The molecule has 1 aromatic carbocycles. The van der Waals surface area contributed by atoms with Gasteiger partial charge in [0, 0.05) is 0 Å². The SMILES string of the molecule is CC(C)(CC(=O)OCc1ccccc1)O[Si](C)(C)C(C)(C)C. The molecule has 0 fully saturated rings. The van der Waals surface area contributed by atoms with Crippen LogP contribution in [0.1, 0.15) is 46.6 Å². The number of carbonyl (C=O) groups excluding carboxylic acids is 1. The van der Waals surface area contributed by atoms with Crippen molar-refractivity contribution in [2.45, 2.75) is 71.4 Å². The predicted molar refractivity (Wildman–Crippen MR) is 93.2 cm³/mol. The van der Waals surface area contributed by atoms with Crippen LogP contribution in [-0.2, 0) is 20.6 Å². The quantitative estimate of drug-likeness (QED) is 0.551. The van der Waals surface area contributed by atoms with Crippen molar-refractivity contribution in [2.24, 2.45) is 0 Å². The second-order valence-electron chi connectivity index (χ2n) is 7.95. The molecule has 22 heavy (non-hydrogen) atoms. The van der Waals surface area contributed by atoms with Crippen LogP contribution in [0.2, 0.25) is 18.1 Å². The number of rotatable bonds is 6. The Balaban J connectivity index is 2.55. The molecule has 0 aliphatic rings. The van der Waals surface area contributed by atoms with Crippen molar-refractivity contribution in [3.8, 4) is 0 Å². The summed E-state index contributed by atoms with van der Waals surface area (Å²) in [5, 5.41) is 0.123. The number of carbonyl (C=O) groups is 1. The molecular formula is C18H30O3Si. The maximum Gasteiger partial charge on any atom is 0.308 e. The first-order chi connectivity index (χ1) is 9.93. The van der Waals surface area contributed by atoms with Crippen molar-refractivity contribution in [3.05, 3.63) is 35.9 Å². The monoisotopic (exact) mass is 322 g/mol. The molecule has 3 nitrogen and oxygen atoms in total. The Morgan fingerprint density at radius 3 is 2.09 bits per heavy atom. The first-order valence-electron chi connectivity index (χ1n) is 7.83. The zero-order valence-electron chi connectivity index (χ0n) is 15.0. The maximum atomic E-state index is 12.1. The van der Waals surface area contributed by atoms with E-state index < -0.39 is 13.9 Å². The molecule has 0 amide bonds. The van der Waals surface area contributed by atoms with Gasteiger partial charge in [0.15, 0.2) is 8.32 Å². The van der Waals surface area contributed by atoms with Crippen LogP contribution in [-0.4, -0.2) is 19.9 Å². The minimum atomic E-state index is -1.90. The Morgan fingerprint density at radius 1 is 1.05 bits per heavy atom. The van der Waals surface area contributed by atoms with E-state index in [1.54, 1.807) is 0 Å². The first kappa shape index (κ1) is 18.9. The number of ether oxygens (including phenoxy) is 1. The standard InChI is InChI=1S/C18H30O3Si/c1-17(2,3)22(6,7)21-18(4,5)13-16(19)20-14-15-11-9-8-10-12-15/h8-12H,13-14H2,1-7H3. The highest BCUT2D eigenvalue weighted by Crippen LogP contribution is 2.39. The molecular weight excluding hydrogens is 292 g/mol. The van der Waals surface area contributed by atoms with Gasteiger partial charge in [0.05, 0.1) is 12.0 Å². The molecule has 124 valence electrons. The highest BCUT2D eigenvalue weighted by molar-refractivity contribution is 6.74. The summed E-state index contributed by atoms with van der Waals surface area (Å²) in [6, 6.07) is 9.72. The molecule has 0 heterocycles. The summed E-state index contributed by atoms with van der Waals surface area (Å²) in [4.78, 5) is 12.1. The lowest BCUT2D eigenvalue weighted by Crippen LogP contribution is -2.48. The zero-order valence-corrected chi connectivity index (χ0v) is 16.0. The summed E-state index contributed by atoms with van der Waals surface area (Å²) in [5.74, 6) is -0.215. The molecule has 1 aromatic rings. The Morgan fingerprint density at radius 2 is 1.59 bits per heavy atom. The molecule has 0 saturated carbocycles. The van der Waals surface area contributed by atoms with E-state index in [-0.39, 0.29) is 17.4 Å². The van der Waals surface area contributed by atoms with Gasteiger partial charge >= 0.3 is 5.97 Å². The fourth-order valence-corrected chi connectivity index (χ4v) is 3.78. The van der Waals surface area contributed by atoms with Crippen molar-refractivity contribution in [2.75, 3.05) is 0 Å². The van der Waals surface area contributed by atoms with Crippen LogP contribution >= 0.6 is 0 Å². The molecule has 1 rings (SSSR count). The molecule has 0 N–H and O–H groups in total. The predicted octanol–water partition coefficient (Wildman–Crippen LogP) is 4.92. The largest absolute Gasteiger partial charge is 0.461 e. The van der Waals surface area contributed by atoms with Crippen molar-refractivity contribution in [1.82, 2.24) is 0 Å². The Hall–Kier alpha value is -1.13. The van der Waals surface area contributed by atoms with Crippen LogP contribution in [0.15, 0.2) is 30.3 Å². The van der Waals surface area contributed by atoms with Gasteiger partial charge in [-0.2, -0.15) is 0 Å². The number of hydrogen-bond donors (Lipinski definition) is 0. The molecule has 0 radical (unpaired) electrons. The van der Waals surface area contributed by atoms with Crippen LogP contribution in [0.25, 0.3) is 0 Å². The lowest BCUT2D eigenvalue weighted by atomic mass is 10.1. The molecule has 0 bridgehead atoms. The smallest absolute Gasteiger partial charge is 0.308 e. The highest BCUT2D eigenvalue weighted by Gasteiger charge is 2.42. The molecule has 0 aliphatic carbocycles. The van der Waals surface area contributed by atoms with Crippen LogP contribution in [0.5, 0.6) is 0 Å². The van der Waals surface area contributed by atoms with Gasteiger partial charge in [-0.05, 0) is 37.5 Å². The number of hydrogen-bond acceptors (Lipinski definition) is 3. The molecule has 0 saturated heterocycles. The van der Waals surface area contributed by atoms with Crippen molar-refractivity contribution < 1.29 is 14.0 Å². The van der Waals surface area contributed by atoms with E-state index in [0.717, 1.165) is 5.56 Å². The Bertz CT molecular complexity index is 487. The fourth-order valence-electron chi connectivity index (χ4n) is 2.02. The van der Waals surface area contributed by atoms with Crippen LogP contribution in [0.4, 0.5) is 0 Å². The average Bonchev–Trinajstić information content (AvgIpc) is 2.34. The fraction of sp³-hybridized carbons (Fsp3) is 0.611. The Kier molecular flexibility index (Phi) is 5.99. The highest BCUT2D eigenvalue weighted by atomic mass is 28.4. The summed E-state index contributed by atoms with van der Waals surface area (Å²) in [7, 11) is -1.90. The molecule has 0 aliphatic heterocycles. The van der Waals surface area contributed by atoms with Crippen molar-refractivity contribution in [3.63, 3.8) is 0 Å². The lowest BCUT2D eigenvalue weighted by molar-refractivity contribution is -0.148. The van der Waals surface area contributed by atoms with Crippen molar-refractivity contribution >= 4 is 14.3 Å². The number of benzene rings is 1. The van der Waals surface area contributed by atoms with E-state index in [9.17, 15) is 4.79 Å². The second kappa shape index (κ2) is 6.96. The van der Waals surface area contributed by atoms with Gasteiger partial charge in [-0.3, -0.25) is 4.79 Å². The maximum absolute atomic E-state index is 12.1. The van der Waals surface area contributed by atoms with E-state index in [1.807, 2.05) is 44.2 Å². The summed E-state index contributed by atoms with van der Waals surface area (Å²) in [5.41, 5.74) is 0.496. The molecule has 0 aromatic heterocycles. The van der Waals surface area contributed by atoms with E-state index >= 15 is 0 Å². The molecule has 4 heteroatoms. The van der Waals surface area contributed by atoms with Crippen molar-refractivity contribution in [1.29, 1.82) is 0 Å². The second-order valence-corrected chi connectivity index (χ2v) is 12.7. The van der Waals surface area contributed by atoms with Crippen LogP contribution in [0.3, 0.4) is 0 Å². The van der Waals surface area contributed by atoms with E-state index in [4.69, 9.17) is 9.16 Å². The number of esters is 1. The first-order valence-corrected chi connectivity index (χ1v) is 10.7. The van der Waals surface area contributed by atoms with Gasteiger partial charge in [0.1, 0.15) is 6.61 Å². The van der Waals surface area contributed by atoms with Gasteiger partial charge in [-0.15, -0.1) is 0 Å². The summed E-state index contributed by atoms with van der Waals surface area (Å²) in [6.45, 7) is 15.2. The third-order valence-electron chi connectivity index (χ3n) is 4.15. The topological polar surface area (TPSA) is 35.5 Å². The van der Waals surface area contributed by atoms with Gasteiger partial charge in [-0.1, -0.05) is 51.1 Å². The molecule has 0 atom stereocenters. The third kappa shape index (κ3) is 5.93. The summed E-state index contributed by atoms with van der Waals surface area (Å²) in [6.07, 6.45) is 0.270. The van der Waals surface area contributed by atoms with E-state index in [2.05, 4.69) is 33.9 Å². The Labute approximate surface area is 136 Å².